The summed E-state index contributed by atoms with van der Waals surface area (Å²) < 4.78 is 0. The van der Waals surface area contributed by atoms with Crippen molar-refractivity contribution in [2.45, 2.75) is 11.8 Å². The Kier molecular flexibility index (Phi) is 4.56. The Labute approximate surface area is 83.6 Å². The van der Waals surface area contributed by atoms with E-state index in [4.69, 9.17) is 11.6 Å². The predicted molar refractivity (Wildman–Crippen MR) is 50.6 cm³/mol. The molecule has 0 unspecified atom stereocenters. The van der Waals surface area contributed by atoms with Gasteiger partial charge in [0.25, 0.3) is 0 Å². The fourth-order valence-corrected chi connectivity index (χ4v) is 0.986. The molecule has 0 bridgehead atoms. The molecule has 0 radical (unpaired) electrons. The Morgan fingerprint density at radius 2 is 2.00 bits per heavy atom. The Balaban J connectivity index is 0.000000810. The van der Waals surface area contributed by atoms with Crippen molar-refractivity contribution in [1.29, 1.82) is 0 Å². The van der Waals surface area contributed by atoms with Gasteiger partial charge in [-0.1, -0.05) is 17.7 Å². The molecule has 0 aromatic heterocycles. The predicted octanol–water partition coefficient (Wildman–Crippen LogP) is 2.29. The van der Waals surface area contributed by atoms with Crippen LogP contribution in [0.5, 0.6) is 0 Å². The number of halogens is 1. The summed E-state index contributed by atoms with van der Waals surface area (Å²) in [5.74, 6) is 0. The van der Waals surface area contributed by atoms with E-state index in [0.29, 0.717) is 0 Å². The molecule has 3 heteroatoms. The van der Waals surface area contributed by atoms with Crippen LogP contribution in [-0.4, -0.2) is 18.9 Å². The third-order valence-electron chi connectivity index (χ3n) is 1.10. The quantitative estimate of drug-likeness (QED) is 0.444. The van der Waals surface area contributed by atoms with Gasteiger partial charge in [0.05, 0.1) is 5.02 Å². The first kappa shape index (κ1) is 10.5. The molecule has 0 saturated heterocycles. The van der Waals surface area contributed by atoms with Crippen LogP contribution >= 0.6 is 24.2 Å². The second-order valence-electron chi connectivity index (χ2n) is 1.95. The zero-order valence-electron chi connectivity index (χ0n) is 5.06. The van der Waals surface area contributed by atoms with Crippen molar-refractivity contribution in [3.63, 3.8) is 0 Å². The summed E-state index contributed by atoms with van der Waals surface area (Å²) in [5.41, 5.74) is 1.16. The molecular weight excluding hydrogens is 159 g/mol. The molecular formula is C7H8ClLiS. The van der Waals surface area contributed by atoms with Crippen molar-refractivity contribution in [3.8, 4) is 0 Å². The van der Waals surface area contributed by atoms with E-state index in [2.05, 4.69) is 12.6 Å². The van der Waals surface area contributed by atoms with Crippen molar-refractivity contribution in [2.75, 3.05) is 0 Å². The maximum absolute atomic E-state index is 5.74. The van der Waals surface area contributed by atoms with Crippen LogP contribution in [0.1, 0.15) is 5.56 Å². The van der Waals surface area contributed by atoms with E-state index < -0.39 is 0 Å². The maximum atomic E-state index is 5.74. The van der Waals surface area contributed by atoms with Gasteiger partial charge in [-0.3, -0.25) is 0 Å². The van der Waals surface area contributed by atoms with Gasteiger partial charge in [-0.15, -0.1) is 12.6 Å². The molecule has 0 aliphatic rings. The van der Waals surface area contributed by atoms with E-state index in [1.54, 1.807) is 0 Å². The van der Waals surface area contributed by atoms with Crippen LogP contribution < -0.4 is 0 Å². The molecule has 0 saturated carbocycles. The van der Waals surface area contributed by atoms with Crippen molar-refractivity contribution >= 4 is 43.1 Å². The Morgan fingerprint density at radius 1 is 1.40 bits per heavy atom. The molecule has 50 valence electrons. The normalized spacial score (nSPS) is 8.70. The second kappa shape index (κ2) is 4.36. The van der Waals surface area contributed by atoms with Crippen LogP contribution in [0.15, 0.2) is 23.1 Å². The van der Waals surface area contributed by atoms with Crippen LogP contribution in [-0.2, 0) is 0 Å². The average molecular weight is 167 g/mol. The fraction of sp³-hybridized carbons (Fsp3) is 0.143. The number of rotatable bonds is 0. The summed E-state index contributed by atoms with van der Waals surface area (Å²) in [6.07, 6.45) is 0. The van der Waals surface area contributed by atoms with Crippen molar-refractivity contribution < 1.29 is 0 Å². The minimum atomic E-state index is 0. The number of hydrogen-bond acceptors (Lipinski definition) is 1. The summed E-state index contributed by atoms with van der Waals surface area (Å²) in [7, 11) is 0. The summed E-state index contributed by atoms with van der Waals surface area (Å²) in [6, 6.07) is 5.76. The van der Waals surface area contributed by atoms with Gasteiger partial charge >= 0.3 is 18.9 Å². The van der Waals surface area contributed by atoms with Gasteiger partial charge in [-0.2, -0.15) is 0 Å². The molecule has 0 spiro atoms. The van der Waals surface area contributed by atoms with Crippen molar-refractivity contribution in [1.82, 2.24) is 0 Å². The summed E-state index contributed by atoms with van der Waals surface area (Å²) in [4.78, 5) is 0.835. The van der Waals surface area contributed by atoms with Crippen molar-refractivity contribution in [2.24, 2.45) is 0 Å². The second-order valence-corrected chi connectivity index (χ2v) is 2.84. The van der Waals surface area contributed by atoms with E-state index in [1.165, 1.54) is 0 Å². The zero-order chi connectivity index (χ0) is 6.85. The SMILES string of the molecule is Cc1ccc(S)c(Cl)c1.[LiH]. The molecule has 1 rings (SSSR count). The van der Waals surface area contributed by atoms with Gasteiger partial charge in [0.15, 0.2) is 0 Å². The molecule has 0 heterocycles. The van der Waals surface area contributed by atoms with Gasteiger partial charge in [0, 0.05) is 4.90 Å². The van der Waals surface area contributed by atoms with Gasteiger partial charge in [0.2, 0.25) is 0 Å². The number of benzene rings is 1. The molecule has 0 aliphatic heterocycles. The van der Waals surface area contributed by atoms with Gasteiger partial charge < -0.3 is 0 Å². The molecule has 1 aromatic carbocycles. The average Bonchev–Trinajstić information content (AvgIpc) is 1.80. The monoisotopic (exact) mass is 166 g/mol. The number of thiol groups is 1. The summed E-state index contributed by atoms with van der Waals surface area (Å²) in [6.45, 7) is 2.00. The Bertz CT molecular complexity index is 225. The first-order valence-corrected chi connectivity index (χ1v) is 3.48. The summed E-state index contributed by atoms with van der Waals surface area (Å²) >= 11 is 9.85. The first-order chi connectivity index (χ1) is 4.20. The molecule has 10 heavy (non-hydrogen) atoms. The van der Waals surface area contributed by atoms with Crippen LogP contribution in [0, 0.1) is 6.92 Å². The fourth-order valence-electron chi connectivity index (χ4n) is 0.612. The standard InChI is InChI=1S/C7H7ClS.Li.H/c1-5-2-3-7(9)6(8)4-5;;/h2-4,9H,1H3;;. The van der Waals surface area contributed by atoms with Crippen molar-refractivity contribution in [3.05, 3.63) is 28.8 Å². The molecule has 0 fully saturated rings. The Morgan fingerprint density at radius 3 is 2.40 bits per heavy atom. The van der Waals surface area contributed by atoms with E-state index in [1.807, 2.05) is 25.1 Å². The topological polar surface area (TPSA) is 0 Å². The summed E-state index contributed by atoms with van der Waals surface area (Å²) in [5, 5.41) is 0.721. The molecule has 0 nitrogen and oxygen atoms in total. The van der Waals surface area contributed by atoms with E-state index in [-0.39, 0.29) is 18.9 Å². The molecule has 0 atom stereocenters. The zero-order valence-corrected chi connectivity index (χ0v) is 6.71. The Hall–Kier alpha value is 0.457. The van der Waals surface area contributed by atoms with Crippen LogP contribution in [0.4, 0.5) is 0 Å². The van der Waals surface area contributed by atoms with E-state index in [9.17, 15) is 0 Å². The van der Waals surface area contributed by atoms with Gasteiger partial charge in [-0.05, 0) is 24.6 Å². The third-order valence-corrected chi connectivity index (χ3v) is 1.94. The van der Waals surface area contributed by atoms with E-state index in [0.717, 1.165) is 15.5 Å². The van der Waals surface area contributed by atoms with Crippen LogP contribution in [0.25, 0.3) is 0 Å². The van der Waals surface area contributed by atoms with E-state index >= 15 is 0 Å². The minimum absolute atomic E-state index is 0. The third kappa shape index (κ3) is 2.60. The molecule has 0 aliphatic carbocycles. The van der Waals surface area contributed by atoms with Crippen LogP contribution in [0.3, 0.4) is 0 Å². The van der Waals surface area contributed by atoms with Crippen LogP contribution in [0.2, 0.25) is 5.02 Å². The first-order valence-electron chi connectivity index (χ1n) is 2.65. The van der Waals surface area contributed by atoms with Gasteiger partial charge in [0.1, 0.15) is 0 Å². The van der Waals surface area contributed by atoms with Gasteiger partial charge in [-0.25, -0.2) is 0 Å². The number of aryl methyl sites for hydroxylation is 1. The molecule has 1 aromatic rings. The molecule has 0 N–H and O–H groups in total. The molecule has 0 amide bonds. The number of hydrogen-bond donors (Lipinski definition) is 1.